The van der Waals surface area contributed by atoms with E-state index in [0.717, 1.165) is 33.1 Å². The summed E-state index contributed by atoms with van der Waals surface area (Å²) in [7, 11) is 0. The fourth-order valence-corrected chi connectivity index (χ4v) is 4.28. The Hall–Kier alpha value is -2.62. The third kappa shape index (κ3) is 3.01. The lowest BCUT2D eigenvalue weighted by molar-refractivity contribution is 0.471. The first-order valence-electron chi connectivity index (χ1n) is 9.20. The highest BCUT2D eigenvalue weighted by molar-refractivity contribution is 7.80. The zero-order chi connectivity index (χ0) is 19.1. The van der Waals surface area contributed by atoms with E-state index < -0.39 is 0 Å². The van der Waals surface area contributed by atoms with Crippen molar-refractivity contribution in [1.29, 1.82) is 0 Å². The van der Waals surface area contributed by atoms with Crippen LogP contribution in [0.25, 0.3) is 22.3 Å². The van der Waals surface area contributed by atoms with Crippen LogP contribution in [0.1, 0.15) is 11.1 Å². The van der Waals surface area contributed by atoms with E-state index in [2.05, 4.69) is 85.9 Å². The minimum absolute atomic E-state index is 0.712. The average Bonchev–Trinajstić information content (AvgIpc) is 3.10. The second-order valence-electron chi connectivity index (χ2n) is 6.92. The summed E-state index contributed by atoms with van der Waals surface area (Å²) < 4.78 is 6.37. The van der Waals surface area contributed by atoms with Gasteiger partial charge in [0.2, 0.25) is 0 Å². The van der Waals surface area contributed by atoms with Crippen LogP contribution in [-0.4, -0.2) is 0 Å². The molecule has 136 valence electrons. The van der Waals surface area contributed by atoms with Gasteiger partial charge in [-0.1, -0.05) is 60.7 Å². The van der Waals surface area contributed by atoms with Gasteiger partial charge in [-0.3, -0.25) is 0 Å². The average molecular weight is 399 g/mol. The Balaban J connectivity index is 1.70. The fraction of sp³-hybridized carbons (Fsp3) is 0.0400. The molecule has 0 unspecified atom stereocenters. The molecule has 5 rings (SSSR count). The highest BCUT2D eigenvalue weighted by atomic mass is 32.1. The lowest BCUT2D eigenvalue weighted by atomic mass is 9.94. The number of fused-ring (bicyclic) bond motifs is 3. The molecule has 3 heteroatoms. The molecule has 1 aliphatic carbocycles. The van der Waals surface area contributed by atoms with Crippen LogP contribution >= 0.6 is 25.3 Å². The minimum Gasteiger partial charge on any atom is -0.456 e. The van der Waals surface area contributed by atoms with Gasteiger partial charge in [0, 0.05) is 15.4 Å². The van der Waals surface area contributed by atoms with Gasteiger partial charge >= 0.3 is 0 Å². The molecule has 0 amide bonds. The third-order valence-electron chi connectivity index (χ3n) is 5.18. The van der Waals surface area contributed by atoms with Crippen LogP contribution in [0.5, 0.6) is 11.5 Å². The maximum absolute atomic E-state index is 6.37. The summed E-state index contributed by atoms with van der Waals surface area (Å²) in [5.74, 6) is 1.55. The van der Waals surface area contributed by atoms with E-state index in [-0.39, 0.29) is 0 Å². The molecule has 0 saturated carbocycles. The molecule has 1 nitrogen and oxygen atoms in total. The predicted octanol–water partition coefficient (Wildman–Crippen LogP) is 7.29. The standard InChI is InChI=1S/C25H18OS2/c27-18-10-13-24(28)23(15-18)26-22-12-11-20-19-9-5-4-8-17(19)14-21(20)25(22)16-6-2-1-3-7-16/h1-13,15,27-28H,14H2. The van der Waals surface area contributed by atoms with Crippen LogP contribution in [0.15, 0.2) is 94.7 Å². The molecule has 1 aliphatic rings. The Morgan fingerprint density at radius 3 is 2.32 bits per heavy atom. The smallest absolute Gasteiger partial charge is 0.141 e. The van der Waals surface area contributed by atoms with E-state index in [1.807, 2.05) is 24.3 Å². The Labute approximate surface area is 175 Å². The zero-order valence-electron chi connectivity index (χ0n) is 15.1. The van der Waals surface area contributed by atoms with E-state index in [1.165, 1.54) is 22.3 Å². The third-order valence-corrected chi connectivity index (χ3v) is 5.82. The van der Waals surface area contributed by atoms with Gasteiger partial charge in [0.1, 0.15) is 11.5 Å². The first kappa shape index (κ1) is 17.5. The minimum atomic E-state index is 0.712. The van der Waals surface area contributed by atoms with Gasteiger partial charge in [0.05, 0.1) is 0 Å². The predicted molar refractivity (Wildman–Crippen MR) is 121 cm³/mol. The Morgan fingerprint density at radius 2 is 1.46 bits per heavy atom. The van der Waals surface area contributed by atoms with Crippen molar-refractivity contribution in [2.75, 3.05) is 0 Å². The molecule has 0 aliphatic heterocycles. The van der Waals surface area contributed by atoms with Crippen molar-refractivity contribution < 1.29 is 4.74 Å². The molecule has 0 fully saturated rings. The normalized spacial score (nSPS) is 11.8. The summed E-state index contributed by atoms with van der Waals surface area (Å²) in [6.07, 6.45) is 0.910. The maximum Gasteiger partial charge on any atom is 0.141 e. The number of hydrogen-bond donors (Lipinski definition) is 2. The molecular formula is C25H18OS2. The highest BCUT2D eigenvalue weighted by Gasteiger charge is 2.24. The number of thiol groups is 2. The Bertz CT molecular complexity index is 1180. The molecule has 0 aromatic heterocycles. The van der Waals surface area contributed by atoms with Crippen LogP contribution in [0, 0.1) is 0 Å². The molecule has 28 heavy (non-hydrogen) atoms. The second kappa shape index (κ2) is 7.08. The topological polar surface area (TPSA) is 9.23 Å². The maximum atomic E-state index is 6.37. The first-order valence-corrected chi connectivity index (χ1v) is 10.1. The highest BCUT2D eigenvalue weighted by Crippen LogP contribution is 2.47. The largest absolute Gasteiger partial charge is 0.456 e. The lowest BCUT2D eigenvalue weighted by Crippen LogP contribution is -1.95. The van der Waals surface area contributed by atoms with Crippen molar-refractivity contribution in [1.82, 2.24) is 0 Å². The summed E-state index contributed by atoms with van der Waals surface area (Å²) in [6, 6.07) is 29.0. The van der Waals surface area contributed by atoms with Crippen molar-refractivity contribution >= 4 is 25.3 Å². The summed E-state index contributed by atoms with van der Waals surface area (Å²) in [6.45, 7) is 0. The summed E-state index contributed by atoms with van der Waals surface area (Å²) in [5, 5.41) is 0. The second-order valence-corrected chi connectivity index (χ2v) is 7.92. The SMILES string of the molecule is Sc1ccc(S)c(Oc2ccc3c(c2-c2ccccc2)Cc2ccccc2-3)c1. The zero-order valence-corrected chi connectivity index (χ0v) is 16.9. The van der Waals surface area contributed by atoms with Crippen LogP contribution in [0.2, 0.25) is 0 Å². The van der Waals surface area contributed by atoms with E-state index in [9.17, 15) is 0 Å². The molecule has 4 aromatic carbocycles. The molecule has 0 N–H and O–H groups in total. The molecule has 0 radical (unpaired) electrons. The van der Waals surface area contributed by atoms with Gasteiger partial charge in [-0.15, -0.1) is 25.3 Å². The Morgan fingerprint density at radius 1 is 0.679 bits per heavy atom. The fourth-order valence-electron chi connectivity index (χ4n) is 3.90. The van der Waals surface area contributed by atoms with E-state index in [0.29, 0.717) is 5.75 Å². The van der Waals surface area contributed by atoms with Crippen molar-refractivity contribution in [2.45, 2.75) is 16.2 Å². The van der Waals surface area contributed by atoms with Gasteiger partial charge in [0.15, 0.2) is 0 Å². The summed E-state index contributed by atoms with van der Waals surface area (Å²) in [4.78, 5) is 1.64. The number of ether oxygens (including phenoxy) is 1. The van der Waals surface area contributed by atoms with Crippen LogP contribution < -0.4 is 4.74 Å². The Kier molecular flexibility index (Phi) is 4.42. The molecule has 0 spiro atoms. The quantitative estimate of drug-likeness (QED) is 0.303. The van der Waals surface area contributed by atoms with E-state index in [4.69, 9.17) is 4.74 Å². The van der Waals surface area contributed by atoms with E-state index in [1.54, 1.807) is 0 Å². The lowest BCUT2D eigenvalue weighted by Gasteiger charge is -2.17. The van der Waals surface area contributed by atoms with Gasteiger partial charge in [0.25, 0.3) is 0 Å². The van der Waals surface area contributed by atoms with Crippen LogP contribution in [0.3, 0.4) is 0 Å². The number of rotatable bonds is 3. The number of benzene rings is 4. The molecule has 0 heterocycles. The van der Waals surface area contributed by atoms with Gasteiger partial charge < -0.3 is 4.74 Å². The van der Waals surface area contributed by atoms with Crippen molar-refractivity contribution in [3.63, 3.8) is 0 Å². The molecule has 0 atom stereocenters. The van der Waals surface area contributed by atoms with Crippen LogP contribution in [0.4, 0.5) is 0 Å². The molecule has 0 saturated heterocycles. The molecular weight excluding hydrogens is 380 g/mol. The van der Waals surface area contributed by atoms with Gasteiger partial charge in [-0.2, -0.15) is 0 Å². The van der Waals surface area contributed by atoms with Gasteiger partial charge in [-0.05, 0) is 58.5 Å². The van der Waals surface area contributed by atoms with Crippen molar-refractivity contribution in [3.05, 3.63) is 96.1 Å². The first-order chi connectivity index (χ1) is 13.7. The molecule has 0 bridgehead atoms. The van der Waals surface area contributed by atoms with Crippen LogP contribution in [-0.2, 0) is 6.42 Å². The van der Waals surface area contributed by atoms with Gasteiger partial charge in [-0.25, -0.2) is 0 Å². The summed E-state index contributed by atoms with van der Waals surface area (Å²) in [5.41, 5.74) is 7.58. The summed E-state index contributed by atoms with van der Waals surface area (Å²) >= 11 is 9.01. The monoisotopic (exact) mass is 398 g/mol. The van der Waals surface area contributed by atoms with Crippen molar-refractivity contribution in [3.8, 4) is 33.8 Å². The van der Waals surface area contributed by atoms with Crippen molar-refractivity contribution in [2.24, 2.45) is 0 Å². The molecule has 4 aromatic rings. The van der Waals surface area contributed by atoms with E-state index >= 15 is 0 Å². The number of hydrogen-bond acceptors (Lipinski definition) is 3.